The maximum Gasteiger partial charge on any atom is 0.0777 e. The van der Waals surface area contributed by atoms with Crippen LogP contribution < -0.4 is 0 Å². The van der Waals surface area contributed by atoms with Gasteiger partial charge < -0.3 is 0 Å². The average Bonchev–Trinajstić information content (AvgIpc) is 1.62. The third kappa shape index (κ3) is 0.751. The van der Waals surface area contributed by atoms with Gasteiger partial charge in [-0.2, -0.15) is 5.26 Å². The molecule has 0 aliphatic heterocycles. The molecule has 0 unspecified atom stereocenters. The highest BCUT2D eigenvalue weighted by Gasteiger charge is 2.37. The van der Waals surface area contributed by atoms with Crippen LogP contribution in [0.5, 0.6) is 0 Å². The first-order valence-corrected chi connectivity index (χ1v) is 3.28. The zero-order chi connectivity index (χ0) is 6.91. The Labute approximate surface area is 56.0 Å². The molecule has 0 aromatic rings. The van der Waals surface area contributed by atoms with Crippen molar-refractivity contribution in [2.45, 2.75) is 26.2 Å². The molecule has 1 nitrogen and oxygen atoms in total. The predicted molar refractivity (Wildman–Crippen MR) is 36.7 cm³/mol. The van der Waals surface area contributed by atoms with Crippen molar-refractivity contribution in [2.75, 3.05) is 0 Å². The molecular weight excluding hydrogens is 110 g/mol. The molecule has 1 saturated carbocycles. The minimum Gasteiger partial charge on any atom is -0.197 e. The van der Waals surface area contributed by atoms with E-state index in [9.17, 15) is 0 Å². The molecule has 0 aromatic heterocycles. The SMILES string of the molecule is C=C(C)C1(C#N)CCC1. The quantitative estimate of drug-likeness (QED) is 0.488. The highest BCUT2D eigenvalue weighted by Crippen LogP contribution is 2.45. The fourth-order valence-corrected chi connectivity index (χ4v) is 1.16. The minimum atomic E-state index is -0.125. The van der Waals surface area contributed by atoms with Crippen molar-refractivity contribution < 1.29 is 0 Å². The van der Waals surface area contributed by atoms with Crippen LogP contribution in [0.2, 0.25) is 0 Å². The second-order valence-electron chi connectivity index (χ2n) is 2.83. The molecule has 0 spiro atoms. The Morgan fingerprint density at radius 3 is 2.22 bits per heavy atom. The number of hydrogen-bond acceptors (Lipinski definition) is 1. The molecule has 0 N–H and O–H groups in total. The topological polar surface area (TPSA) is 23.8 Å². The van der Waals surface area contributed by atoms with Crippen LogP contribution in [0.3, 0.4) is 0 Å². The number of nitrogens with zero attached hydrogens (tertiary/aromatic N) is 1. The van der Waals surface area contributed by atoms with Crippen molar-refractivity contribution in [2.24, 2.45) is 5.41 Å². The molecule has 0 atom stereocenters. The molecule has 1 heteroatoms. The Bertz CT molecular complexity index is 169. The first kappa shape index (κ1) is 6.35. The molecule has 0 amide bonds. The summed E-state index contributed by atoms with van der Waals surface area (Å²) in [4.78, 5) is 0. The molecule has 1 aliphatic carbocycles. The summed E-state index contributed by atoms with van der Waals surface area (Å²) in [7, 11) is 0. The van der Waals surface area contributed by atoms with Crippen molar-refractivity contribution in [1.82, 2.24) is 0 Å². The van der Waals surface area contributed by atoms with E-state index in [0.29, 0.717) is 0 Å². The fourth-order valence-electron chi connectivity index (χ4n) is 1.16. The lowest BCUT2D eigenvalue weighted by atomic mass is 9.66. The second kappa shape index (κ2) is 1.88. The zero-order valence-corrected chi connectivity index (χ0v) is 5.78. The second-order valence-corrected chi connectivity index (χ2v) is 2.83. The number of rotatable bonds is 1. The van der Waals surface area contributed by atoms with Gasteiger partial charge in [0.2, 0.25) is 0 Å². The largest absolute Gasteiger partial charge is 0.197 e. The van der Waals surface area contributed by atoms with Gasteiger partial charge >= 0.3 is 0 Å². The monoisotopic (exact) mass is 121 g/mol. The third-order valence-electron chi connectivity index (χ3n) is 2.24. The van der Waals surface area contributed by atoms with E-state index in [1.807, 2.05) is 6.92 Å². The fraction of sp³-hybridized carbons (Fsp3) is 0.625. The summed E-state index contributed by atoms with van der Waals surface area (Å²) in [5.74, 6) is 0. The molecular formula is C8H11N. The first-order valence-electron chi connectivity index (χ1n) is 3.28. The molecule has 0 saturated heterocycles. The summed E-state index contributed by atoms with van der Waals surface area (Å²) in [6.45, 7) is 5.74. The number of hydrogen-bond donors (Lipinski definition) is 0. The lowest BCUT2D eigenvalue weighted by Gasteiger charge is -2.35. The average molecular weight is 121 g/mol. The lowest BCUT2D eigenvalue weighted by molar-refractivity contribution is 0.269. The molecule has 1 aliphatic rings. The Morgan fingerprint density at radius 1 is 1.67 bits per heavy atom. The molecule has 0 radical (unpaired) electrons. The van der Waals surface area contributed by atoms with E-state index in [2.05, 4.69) is 12.6 Å². The Balaban J connectivity index is 2.71. The van der Waals surface area contributed by atoms with Crippen molar-refractivity contribution >= 4 is 0 Å². The van der Waals surface area contributed by atoms with Gasteiger partial charge in [0.25, 0.3) is 0 Å². The minimum absolute atomic E-state index is 0.125. The maximum atomic E-state index is 8.70. The van der Waals surface area contributed by atoms with Gasteiger partial charge in [0.1, 0.15) is 0 Å². The summed E-state index contributed by atoms with van der Waals surface area (Å²) >= 11 is 0. The van der Waals surface area contributed by atoms with Crippen molar-refractivity contribution in [3.8, 4) is 6.07 Å². The van der Waals surface area contributed by atoms with E-state index >= 15 is 0 Å². The summed E-state index contributed by atoms with van der Waals surface area (Å²) < 4.78 is 0. The smallest absolute Gasteiger partial charge is 0.0777 e. The summed E-state index contributed by atoms with van der Waals surface area (Å²) in [6, 6.07) is 2.31. The van der Waals surface area contributed by atoms with E-state index in [1.54, 1.807) is 0 Å². The van der Waals surface area contributed by atoms with Crippen molar-refractivity contribution in [3.05, 3.63) is 12.2 Å². The predicted octanol–water partition coefficient (Wildman–Crippen LogP) is 2.26. The number of allylic oxidation sites excluding steroid dienone is 1. The van der Waals surface area contributed by atoms with Crippen LogP contribution in [0, 0.1) is 16.7 Å². The normalized spacial score (nSPS) is 21.8. The van der Waals surface area contributed by atoms with Crippen molar-refractivity contribution in [3.63, 3.8) is 0 Å². The molecule has 0 heterocycles. The van der Waals surface area contributed by atoms with Gasteiger partial charge in [0.05, 0.1) is 11.5 Å². The van der Waals surface area contributed by atoms with Crippen LogP contribution in [0.15, 0.2) is 12.2 Å². The van der Waals surface area contributed by atoms with Gasteiger partial charge in [-0.3, -0.25) is 0 Å². The molecule has 0 bridgehead atoms. The van der Waals surface area contributed by atoms with Gasteiger partial charge in [0.15, 0.2) is 0 Å². The van der Waals surface area contributed by atoms with E-state index < -0.39 is 0 Å². The molecule has 48 valence electrons. The zero-order valence-electron chi connectivity index (χ0n) is 5.78. The summed E-state index contributed by atoms with van der Waals surface area (Å²) in [6.07, 6.45) is 3.25. The van der Waals surface area contributed by atoms with Gasteiger partial charge in [-0.05, 0) is 26.2 Å². The summed E-state index contributed by atoms with van der Waals surface area (Å²) in [5, 5.41) is 8.70. The van der Waals surface area contributed by atoms with Crippen LogP contribution in [-0.4, -0.2) is 0 Å². The van der Waals surface area contributed by atoms with Crippen LogP contribution in [0.25, 0.3) is 0 Å². The molecule has 1 fully saturated rings. The van der Waals surface area contributed by atoms with Gasteiger partial charge in [-0.25, -0.2) is 0 Å². The van der Waals surface area contributed by atoms with Gasteiger partial charge in [0, 0.05) is 0 Å². The van der Waals surface area contributed by atoms with Crippen molar-refractivity contribution in [1.29, 1.82) is 5.26 Å². The molecule has 1 rings (SSSR count). The third-order valence-corrected chi connectivity index (χ3v) is 2.24. The molecule has 0 aromatic carbocycles. The van der Waals surface area contributed by atoms with E-state index in [-0.39, 0.29) is 5.41 Å². The molecule has 9 heavy (non-hydrogen) atoms. The Morgan fingerprint density at radius 2 is 2.22 bits per heavy atom. The van der Waals surface area contributed by atoms with E-state index in [0.717, 1.165) is 18.4 Å². The van der Waals surface area contributed by atoms with Gasteiger partial charge in [-0.1, -0.05) is 12.2 Å². The Kier molecular flexibility index (Phi) is 1.32. The highest BCUT2D eigenvalue weighted by atomic mass is 14.4. The summed E-state index contributed by atoms with van der Waals surface area (Å²) in [5.41, 5.74) is 0.913. The Hall–Kier alpha value is -0.770. The van der Waals surface area contributed by atoms with Crippen LogP contribution in [0.1, 0.15) is 26.2 Å². The van der Waals surface area contributed by atoms with E-state index in [1.165, 1.54) is 6.42 Å². The first-order chi connectivity index (χ1) is 4.21. The standard InChI is InChI=1S/C8H11N/c1-7(2)8(6-9)4-3-5-8/h1,3-5H2,2H3. The highest BCUT2D eigenvalue weighted by molar-refractivity contribution is 5.22. The lowest BCUT2D eigenvalue weighted by Crippen LogP contribution is -2.27. The maximum absolute atomic E-state index is 8.70. The van der Waals surface area contributed by atoms with E-state index in [4.69, 9.17) is 5.26 Å². The number of nitriles is 1. The van der Waals surface area contributed by atoms with Crippen LogP contribution in [0.4, 0.5) is 0 Å². The van der Waals surface area contributed by atoms with Crippen LogP contribution in [-0.2, 0) is 0 Å². The van der Waals surface area contributed by atoms with Gasteiger partial charge in [-0.15, -0.1) is 0 Å². The van der Waals surface area contributed by atoms with Crippen LogP contribution >= 0.6 is 0 Å².